The molecule has 6 nitrogen and oxygen atoms in total. The van der Waals surface area contributed by atoms with Crippen molar-refractivity contribution < 1.29 is 4.79 Å². The molecule has 0 saturated heterocycles. The van der Waals surface area contributed by atoms with Crippen LogP contribution < -0.4 is 10.9 Å². The van der Waals surface area contributed by atoms with Gasteiger partial charge in [-0.3, -0.25) is 14.3 Å². The molecule has 1 amide bonds. The maximum Gasteiger partial charge on any atom is 0.271 e. The van der Waals surface area contributed by atoms with Gasteiger partial charge in [0.1, 0.15) is 10.5 Å². The van der Waals surface area contributed by atoms with Crippen molar-refractivity contribution in [3.05, 3.63) is 45.3 Å². The van der Waals surface area contributed by atoms with Crippen LogP contribution in [0.4, 0.5) is 5.69 Å². The molecule has 0 saturated carbocycles. The lowest BCUT2D eigenvalue weighted by Gasteiger charge is -2.05. The normalized spacial score (nSPS) is 11.3. The van der Waals surface area contributed by atoms with Crippen LogP contribution in [0.1, 0.15) is 29.2 Å². The fourth-order valence-corrected chi connectivity index (χ4v) is 3.46. The van der Waals surface area contributed by atoms with Crippen molar-refractivity contribution in [3.8, 4) is 0 Å². The molecule has 23 heavy (non-hydrogen) atoms. The maximum absolute atomic E-state index is 12.4. The molecule has 2 N–H and O–H groups in total. The van der Waals surface area contributed by atoms with E-state index in [2.05, 4.69) is 29.2 Å². The van der Waals surface area contributed by atoms with Gasteiger partial charge in [-0.25, -0.2) is 0 Å². The molecule has 0 fully saturated rings. The Bertz CT molecular complexity index is 920. The third kappa shape index (κ3) is 3.05. The predicted octanol–water partition coefficient (Wildman–Crippen LogP) is 3.00. The van der Waals surface area contributed by atoms with E-state index in [-0.39, 0.29) is 17.2 Å². The number of aromatic amines is 1. The molecular weight excluding hydrogens is 312 g/mol. The van der Waals surface area contributed by atoms with Gasteiger partial charge in [0.2, 0.25) is 0 Å². The molecule has 0 radical (unpaired) electrons. The lowest BCUT2D eigenvalue weighted by atomic mass is 10.2. The topological polar surface area (TPSA) is 79.8 Å². The molecule has 0 atom stereocenters. The first-order valence-electron chi connectivity index (χ1n) is 7.41. The fourth-order valence-electron chi connectivity index (χ4n) is 2.40. The van der Waals surface area contributed by atoms with Gasteiger partial charge in [-0.05, 0) is 31.0 Å². The Morgan fingerprint density at radius 3 is 2.96 bits per heavy atom. The van der Waals surface area contributed by atoms with E-state index in [1.54, 1.807) is 12.1 Å². The van der Waals surface area contributed by atoms with Crippen molar-refractivity contribution in [1.82, 2.24) is 14.8 Å². The average Bonchev–Trinajstić information content (AvgIpc) is 3.03. The van der Waals surface area contributed by atoms with Gasteiger partial charge < -0.3 is 10.3 Å². The molecule has 0 aromatic carbocycles. The number of fused-ring (bicyclic) bond motifs is 1. The summed E-state index contributed by atoms with van der Waals surface area (Å²) in [5.74, 6) is 0.193. The van der Waals surface area contributed by atoms with E-state index < -0.39 is 0 Å². The molecule has 0 aliphatic rings. The number of hydrogen-bond acceptors (Lipinski definition) is 4. The zero-order chi connectivity index (χ0) is 16.6. The van der Waals surface area contributed by atoms with E-state index in [1.807, 2.05) is 17.7 Å². The summed E-state index contributed by atoms with van der Waals surface area (Å²) in [7, 11) is 0. The van der Waals surface area contributed by atoms with Crippen molar-refractivity contribution >= 4 is 33.1 Å². The first-order chi connectivity index (χ1) is 11.0. The first-order valence-corrected chi connectivity index (χ1v) is 8.23. The minimum absolute atomic E-state index is 0.246. The number of thiophene rings is 1. The van der Waals surface area contributed by atoms with Crippen LogP contribution in [0.5, 0.6) is 0 Å². The van der Waals surface area contributed by atoms with Gasteiger partial charge in [-0.2, -0.15) is 5.10 Å². The summed E-state index contributed by atoms with van der Waals surface area (Å²) >= 11 is 1.40. The number of amides is 1. The molecule has 7 heteroatoms. The summed E-state index contributed by atoms with van der Waals surface area (Å²) in [5, 5.41) is 8.17. The van der Waals surface area contributed by atoms with Gasteiger partial charge >= 0.3 is 0 Å². The van der Waals surface area contributed by atoms with Gasteiger partial charge in [0.25, 0.3) is 11.5 Å². The van der Waals surface area contributed by atoms with E-state index >= 15 is 0 Å². The summed E-state index contributed by atoms with van der Waals surface area (Å²) in [6.45, 7) is 7.01. The number of pyridine rings is 1. The molecule has 0 bridgehead atoms. The third-order valence-corrected chi connectivity index (χ3v) is 4.58. The van der Waals surface area contributed by atoms with Crippen LogP contribution in [-0.2, 0) is 6.54 Å². The van der Waals surface area contributed by atoms with Crippen molar-refractivity contribution in [3.63, 3.8) is 0 Å². The molecule has 0 unspecified atom stereocenters. The molecule has 0 spiro atoms. The Balaban J connectivity index is 1.92. The molecule has 3 heterocycles. The maximum atomic E-state index is 12.4. The minimum Gasteiger partial charge on any atom is -0.327 e. The number of anilines is 1. The Morgan fingerprint density at radius 1 is 1.48 bits per heavy atom. The lowest BCUT2D eigenvalue weighted by molar-refractivity contribution is 0.103. The summed E-state index contributed by atoms with van der Waals surface area (Å²) in [5.41, 5.74) is 0.841. The highest BCUT2D eigenvalue weighted by atomic mass is 32.1. The van der Waals surface area contributed by atoms with E-state index in [0.717, 1.165) is 22.5 Å². The highest BCUT2D eigenvalue weighted by Crippen LogP contribution is 2.29. The Kier molecular flexibility index (Phi) is 4.04. The Morgan fingerprint density at radius 2 is 2.26 bits per heavy atom. The smallest absolute Gasteiger partial charge is 0.271 e. The van der Waals surface area contributed by atoms with Crippen molar-refractivity contribution in [2.24, 2.45) is 5.92 Å². The second-order valence-corrected chi connectivity index (χ2v) is 6.89. The highest BCUT2D eigenvalue weighted by Gasteiger charge is 2.17. The number of H-pyrrole nitrogens is 1. The molecule has 120 valence electrons. The van der Waals surface area contributed by atoms with Crippen LogP contribution in [0.15, 0.2) is 29.2 Å². The van der Waals surface area contributed by atoms with Gasteiger partial charge in [0.15, 0.2) is 0 Å². The SMILES string of the molecule is Cc1nn(CC(C)C)c2sc(C(=O)Nc3ccc[nH]c3=O)cc12. The van der Waals surface area contributed by atoms with Crippen LogP contribution in [0.3, 0.4) is 0 Å². The van der Waals surface area contributed by atoms with E-state index in [9.17, 15) is 9.59 Å². The highest BCUT2D eigenvalue weighted by molar-refractivity contribution is 7.20. The van der Waals surface area contributed by atoms with Crippen LogP contribution in [0.25, 0.3) is 10.2 Å². The first kappa shape index (κ1) is 15.5. The number of aryl methyl sites for hydroxylation is 1. The quantitative estimate of drug-likeness (QED) is 0.772. The standard InChI is InChI=1S/C16H18N4O2S/c1-9(2)8-20-16-11(10(3)19-20)7-13(23-16)15(22)18-12-5-4-6-17-14(12)21/h4-7,9H,8H2,1-3H3,(H,17,21)(H,18,22). The fraction of sp³-hybridized carbons (Fsp3) is 0.312. The molecule has 3 aromatic rings. The van der Waals surface area contributed by atoms with E-state index in [0.29, 0.717) is 10.8 Å². The number of rotatable bonds is 4. The monoisotopic (exact) mass is 330 g/mol. The number of aromatic nitrogens is 3. The summed E-state index contributed by atoms with van der Waals surface area (Å²) in [4.78, 5) is 28.1. The third-order valence-electron chi connectivity index (χ3n) is 3.44. The number of carbonyl (C=O) groups is 1. The summed E-state index contributed by atoms with van der Waals surface area (Å²) in [6, 6.07) is 5.09. The second kappa shape index (κ2) is 6.00. The van der Waals surface area contributed by atoms with E-state index in [1.165, 1.54) is 17.5 Å². The van der Waals surface area contributed by atoms with Gasteiger partial charge in [-0.1, -0.05) is 13.8 Å². The van der Waals surface area contributed by atoms with Gasteiger partial charge in [-0.15, -0.1) is 11.3 Å². The zero-order valence-electron chi connectivity index (χ0n) is 13.2. The average molecular weight is 330 g/mol. The minimum atomic E-state index is -0.316. The molecule has 0 aliphatic carbocycles. The van der Waals surface area contributed by atoms with E-state index in [4.69, 9.17) is 0 Å². The summed E-state index contributed by atoms with van der Waals surface area (Å²) in [6.07, 6.45) is 1.53. The van der Waals surface area contributed by atoms with Crippen molar-refractivity contribution in [1.29, 1.82) is 0 Å². The number of carbonyl (C=O) groups excluding carboxylic acids is 1. The zero-order valence-corrected chi connectivity index (χ0v) is 14.0. The molecule has 3 rings (SSSR count). The van der Waals surface area contributed by atoms with Crippen molar-refractivity contribution in [2.45, 2.75) is 27.3 Å². The summed E-state index contributed by atoms with van der Waals surface area (Å²) < 4.78 is 1.95. The van der Waals surface area contributed by atoms with Gasteiger partial charge in [0.05, 0.1) is 10.6 Å². The Labute approximate surface area is 137 Å². The van der Waals surface area contributed by atoms with Gasteiger partial charge in [0, 0.05) is 18.1 Å². The number of hydrogen-bond donors (Lipinski definition) is 2. The van der Waals surface area contributed by atoms with Crippen LogP contribution in [0, 0.1) is 12.8 Å². The van der Waals surface area contributed by atoms with Crippen LogP contribution in [0.2, 0.25) is 0 Å². The van der Waals surface area contributed by atoms with Crippen LogP contribution >= 0.6 is 11.3 Å². The number of nitrogens with one attached hydrogen (secondary N) is 2. The largest absolute Gasteiger partial charge is 0.327 e. The van der Waals surface area contributed by atoms with Crippen molar-refractivity contribution in [2.75, 3.05) is 5.32 Å². The second-order valence-electron chi connectivity index (χ2n) is 5.86. The molecule has 0 aliphatic heterocycles. The van der Waals surface area contributed by atoms with Crippen LogP contribution in [-0.4, -0.2) is 20.7 Å². The lowest BCUT2D eigenvalue weighted by Crippen LogP contribution is -2.18. The molecule has 3 aromatic heterocycles. The number of nitrogens with zero attached hydrogens (tertiary/aromatic N) is 2. The predicted molar refractivity (Wildman–Crippen MR) is 92.2 cm³/mol. The Hall–Kier alpha value is -2.41. The molecular formula is C16H18N4O2S.